The Hall–Kier alpha value is -13.2. The van der Waals surface area contributed by atoms with Gasteiger partial charge in [0.2, 0.25) is 0 Å². The maximum absolute atomic E-state index is 5.21. The van der Waals surface area contributed by atoms with E-state index < -0.39 is 0 Å². The van der Waals surface area contributed by atoms with E-state index in [0.29, 0.717) is 0 Å². The Kier molecular flexibility index (Phi) is 16.4. The molecule has 0 spiro atoms. The van der Waals surface area contributed by atoms with Crippen LogP contribution in [-0.2, 0) is 0 Å². The number of rotatable bonds is 11. The number of fused-ring (bicyclic) bond motifs is 2. The van der Waals surface area contributed by atoms with Crippen molar-refractivity contribution < 1.29 is 0 Å². The molecular weight excluding hydrogens is 1320 g/mol. The summed E-state index contributed by atoms with van der Waals surface area (Å²) in [4.78, 5) is 22.8. The average Bonchev–Trinajstić information content (AvgIpc) is 0.724. The lowest BCUT2D eigenvalue weighted by atomic mass is 9.87. The van der Waals surface area contributed by atoms with Gasteiger partial charge in [0, 0.05) is 70.7 Å². The number of hydrogen-bond donors (Lipinski definition) is 1. The summed E-state index contributed by atoms with van der Waals surface area (Å²) in [7, 11) is 0. The molecule has 7 heteroatoms. The Labute approximate surface area is 605 Å². The smallest absolute Gasteiger partial charge is 0.160 e. The van der Waals surface area contributed by atoms with Crippen LogP contribution in [0.3, 0.4) is 0 Å². The van der Waals surface area contributed by atoms with E-state index in [9.17, 15) is 0 Å². The molecule has 0 unspecified atom stereocenters. The monoisotopic (exact) mass is 1380 g/mol. The summed E-state index contributed by atoms with van der Waals surface area (Å²) in [6, 6.07) is 132. The van der Waals surface area contributed by atoms with E-state index >= 15 is 0 Å². The maximum Gasteiger partial charge on any atom is 0.160 e. The highest BCUT2D eigenvalue weighted by Crippen LogP contribution is 2.47. The van der Waals surface area contributed by atoms with E-state index in [0.717, 1.165) is 88.5 Å². The summed E-state index contributed by atoms with van der Waals surface area (Å²) in [5.74, 6) is 1.46. The molecule has 18 aromatic carbocycles. The van der Waals surface area contributed by atoms with E-state index in [1.807, 2.05) is 30.3 Å². The number of aromatic nitrogens is 4. The molecule has 6 nitrogen and oxygen atoms in total. The van der Waals surface area contributed by atoms with Crippen molar-refractivity contribution in [2.75, 3.05) is 10.2 Å². The van der Waals surface area contributed by atoms with Crippen molar-refractivity contribution in [3.05, 3.63) is 381 Å². The Morgan fingerprint density at radius 1 is 0.243 bits per heavy atom. The molecule has 0 aliphatic heterocycles. The molecule has 0 aliphatic rings. The Balaban J connectivity index is 0.000000125. The van der Waals surface area contributed by atoms with Gasteiger partial charge in [0.15, 0.2) is 11.6 Å². The molecule has 0 radical (unpaired) electrons. The molecule has 2 heterocycles. The molecule has 20 aromatic rings. The molecule has 103 heavy (non-hydrogen) atoms. The minimum absolute atomic E-state index is 0.718. The first-order chi connectivity index (χ1) is 51.0. The molecular formula is C96H63BrN6. The van der Waals surface area contributed by atoms with Crippen molar-refractivity contribution in [2.45, 2.75) is 0 Å². The summed E-state index contributed by atoms with van der Waals surface area (Å²) in [5.41, 5.74) is 21.1. The van der Waals surface area contributed by atoms with Crippen molar-refractivity contribution in [3.8, 4) is 67.3 Å². The fraction of sp³-hybridized carbons (Fsp3) is 0. The topological polar surface area (TPSA) is 66.8 Å². The van der Waals surface area contributed by atoms with Crippen LogP contribution >= 0.6 is 15.9 Å². The zero-order valence-corrected chi connectivity index (χ0v) is 57.5. The first-order valence-corrected chi connectivity index (χ1v) is 35.5. The Bertz CT molecular complexity index is 6200. The third kappa shape index (κ3) is 11.9. The number of benzene rings is 18. The minimum Gasteiger partial charge on any atom is -0.355 e. The predicted octanol–water partition coefficient (Wildman–Crippen LogP) is 26.7. The fourth-order valence-corrected chi connectivity index (χ4v) is 15.0. The van der Waals surface area contributed by atoms with Gasteiger partial charge >= 0.3 is 0 Å². The third-order valence-electron chi connectivity index (χ3n) is 19.6. The summed E-state index contributed by atoms with van der Waals surface area (Å²) in [5, 5.41) is 17.9. The molecule has 0 saturated carbocycles. The van der Waals surface area contributed by atoms with Crippen molar-refractivity contribution in [1.82, 2.24) is 19.9 Å². The quantitative estimate of drug-likeness (QED) is 0.130. The van der Waals surface area contributed by atoms with E-state index in [1.165, 1.54) is 98.4 Å². The number of hydrogen-bond acceptors (Lipinski definition) is 6. The van der Waals surface area contributed by atoms with Crippen LogP contribution in [0, 0.1) is 0 Å². The van der Waals surface area contributed by atoms with Gasteiger partial charge in [-0.05, 0) is 186 Å². The first-order valence-electron chi connectivity index (χ1n) is 34.7. The number of nitrogens with one attached hydrogen (secondary N) is 1. The van der Waals surface area contributed by atoms with Crippen molar-refractivity contribution in [3.63, 3.8) is 0 Å². The van der Waals surface area contributed by atoms with E-state index in [4.69, 9.17) is 19.9 Å². The molecule has 0 saturated heterocycles. The van der Waals surface area contributed by atoms with Gasteiger partial charge in [-0.2, -0.15) is 0 Å². The van der Waals surface area contributed by atoms with Crippen LogP contribution in [0.2, 0.25) is 0 Å². The largest absolute Gasteiger partial charge is 0.355 e. The molecule has 0 aliphatic carbocycles. The van der Waals surface area contributed by atoms with Crippen molar-refractivity contribution in [1.29, 1.82) is 0 Å². The summed E-state index contributed by atoms with van der Waals surface area (Å²) in [6.45, 7) is 0. The minimum atomic E-state index is 0.718. The fourth-order valence-electron chi connectivity index (χ4n) is 14.8. The summed E-state index contributed by atoms with van der Waals surface area (Å²) < 4.78 is 1.04. The zero-order chi connectivity index (χ0) is 68.6. The van der Waals surface area contributed by atoms with Gasteiger partial charge in [0.05, 0.1) is 27.8 Å². The molecule has 20 rings (SSSR count). The highest BCUT2D eigenvalue weighted by atomic mass is 79.9. The van der Waals surface area contributed by atoms with Crippen molar-refractivity contribution >= 4 is 131 Å². The van der Waals surface area contributed by atoms with Gasteiger partial charge in [-0.15, -0.1) is 0 Å². The summed E-state index contributed by atoms with van der Waals surface area (Å²) in [6.07, 6.45) is 0. The van der Waals surface area contributed by atoms with Gasteiger partial charge in [-0.3, -0.25) is 0 Å². The number of anilines is 5. The molecule has 1 N–H and O–H groups in total. The van der Waals surface area contributed by atoms with Crippen LogP contribution in [-0.4, -0.2) is 19.9 Å². The first kappa shape index (κ1) is 62.1. The van der Waals surface area contributed by atoms with Crippen LogP contribution in [0.25, 0.3) is 154 Å². The Morgan fingerprint density at radius 2 is 0.583 bits per heavy atom. The second-order valence-electron chi connectivity index (χ2n) is 25.8. The lowest BCUT2D eigenvalue weighted by Crippen LogP contribution is -2.10. The standard InChI is InChI=1S/C48H31N3.C32H19BrN2.C16H13N/c1-4-13-33(14-5-1)41-31-42(34-15-6-2-7-16-34)40-28-30-44-47-43(29-27-39(41)46(40)47)49-48(50-44)35-23-25-37(26-24-35)51(36-19-8-3-9-20-36)45-22-12-18-32-17-10-11-21-38(32)45;33-23-13-11-22(12-14-23)32-34-28-17-15-24-26(20-7-3-1-4-8-20)19-27(21-9-5-2-6-10-21)25-16-18-29(35-32)31(28)30(24)25;1-2-9-14(10-3-1)17-16-12-6-8-13-7-4-5-11-15(13)16/h1-31H;1-19H;1-12,17H. The van der Waals surface area contributed by atoms with Gasteiger partial charge in [0.1, 0.15) is 0 Å². The molecule has 0 amide bonds. The molecule has 0 atom stereocenters. The van der Waals surface area contributed by atoms with E-state index in [-0.39, 0.29) is 0 Å². The van der Waals surface area contributed by atoms with E-state index in [2.05, 4.69) is 372 Å². The van der Waals surface area contributed by atoms with Gasteiger partial charge in [-0.1, -0.05) is 283 Å². The van der Waals surface area contributed by atoms with Crippen molar-refractivity contribution in [2.24, 2.45) is 0 Å². The Morgan fingerprint density at radius 3 is 1.02 bits per heavy atom. The van der Waals surface area contributed by atoms with E-state index in [1.54, 1.807) is 0 Å². The second kappa shape index (κ2) is 27.1. The maximum atomic E-state index is 5.21. The second-order valence-corrected chi connectivity index (χ2v) is 26.7. The number of halogens is 1. The lowest BCUT2D eigenvalue weighted by molar-refractivity contribution is 1.25. The van der Waals surface area contributed by atoms with Crippen LogP contribution in [0.4, 0.5) is 28.4 Å². The molecule has 0 fully saturated rings. The zero-order valence-electron chi connectivity index (χ0n) is 55.9. The average molecular weight is 1380 g/mol. The predicted molar refractivity (Wildman–Crippen MR) is 438 cm³/mol. The molecule has 2 aromatic heterocycles. The van der Waals surface area contributed by atoms with Crippen LogP contribution in [0.1, 0.15) is 0 Å². The van der Waals surface area contributed by atoms with Gasteiger partial charge < -0.3 is 10.2 Å². The van der Waals surface area contributed by atoms with Gasteiger partial charge in [0.25, 0.3) is 0 Å². The SMILES string of the molecule is Brc1ccc(-c2nc3ccc4c(-c5ccccc5)cc(-c5ccccc5)c5ccc(n2)c3c45)cc1.c1ccc(-c2cc(-c3ccccc3)c3ccc4nc(-c5ccc(N(c6ccccc6)c6cccc7ccccc67)cc5)nc5ccc2c3c54)cc1.c1ccc(Nc2cccc3ccccc23)cc1. The lowest BCUT2D eigenvalue weighted by Gasteiger charge is -2.27. The van der Waals surface area contributed by atoms with Crippen LogP contribution in [0.15, 0.2) is 381 Å². The van der Waals surface area contributed by atoms with Crippen LogP contribution in [0.5, 0.6) is 0 Å². The van der Waals surface area contributed by atoms with Gasteiger partial charge in [-0.25, -0.2) is 19.9 Å². The summed E-state index contributed by atoms with van der Waals surface area (Å²) >= 11 is 3.52. The third-order valence-corrected chi connectivity index (χ3v) is 20.1. The molecule has 0 bridgehead atoms. The highest BCUT2D eigenvalue weighted by Gasteiger charge is 2.23. The number of para-hydroxylation sites is 2. The molecule has 484 valence electrons. The number of nitrogens with zero attached hydrogens (tertiary/aromatic N) is 5. The van der Waals surface area contributed by atoms with Crippen LogP contribution < -0.4 is 10.2 Å². The normalized spacial score (nSPS) is 11.3. The highest BCUT2D eigenvalue weighted by molar-refractivity contribution is 9.10.